The Balaban J connectivity index is 3.94. The molecule has 2 atom stereocenters. The van der Waals surface area contributed by atoms with Gasteiger partial charge in [-0.1, -0.05) is 320 Å². The fourth-order valence-electron chi connectivity index (χ4n) is 9.87. The van der Waals surface area contributed by atoms with E-state index in [9.17, 15) is 19.0 Å². The molecule has 0 saturated heterocycles. The van der Waals surface area contributed by atoms with Crippen LogP contribution in [0.4, 0.5) is 0 Å². The molecule has 0 radical (unpaired) electrons. The van der Waals surface area contributed by atoms with Gasteiger partial charge in [0.25, 0.3) is 0 Å². The van der Waals surface area contributed by atoms with Crippen LogP contribution < -0.4 is 5.73 Å². The van der Waals surface area contributed by atoms with Crippen LogP contribution in [0.15, 0.2) is 146 Å². The van der Waals surface area contributed by atoms with Gasteiger partial charge in [0.2, 0.25) is 0 Å². The Bertz CT molecular complexity index is 1970. The van der Waals surface area contributed by atoms with Crippen molar-refractivity contribution in [1.29, 1.82) is 0 Å². The van der Waals surface area contributed by atoms with E-state index in [1.807, 2.05) is 0 Å². The Morgan fingerprint density at radius 2 is 0.618 bits per heavy atom. The second-order valence-corrected chi connectivity index (χ2v) is 25.2. The van der Waals surface area contributed by atoms with Crippen molar-refractivity contribution < 1.29 is 37.6 Å². The van der Waals surface area contributed by atoms with Crippen molar-refractivity contribution in [3.8, 4) is 0 Å². The lowest BCUT2D eigenvalue weighted by Crippen LogP contribution is -2.29. The molecule has 3 N–H and O–H groups in total. The number of allylic oxidation sites excluding steroid dienone is 24. The van der Waals surface area contributed by atoms with Crippen LogP contribution in [0.1, 0.15) is 309 Å². The van der Waals surface area contributed by atoms with Crippen molar-refractivity contribution in [3.05, 3.63) is 146 Å². The molecule has 0 heterocycles. The number of ether oxygens (including phenoxy) is 2. The van der Waals surface area contributed by atoms with Gasteiger partial charge in [0.05, 0.1) is 13.2 Å². The average molecular weight is 1260 g/mol. The van der Waals surface area contributed by atoms with E-state index in [1.165, 1.54) is 161 Å². The van der Waals surface area contributed by atoms with Gasteiger partial charge in [-0.2, -0.15) is 0 Å². The maximum Gasteiger partial charge on any atom is 0.472 e. The van der Waals surface area contributed by atoms with Crippen LogP contribution in [0.5, 0.6) is 0 Å². The summed E-state index contributed by atoms with van der Waals surface area (Å²) in [5, 5.41) is 0. The summed E-state index contributed by atoms with van der Waals surface area (Å²) < 4.78 is 33.2. The molecule has 0 aliphatic heterocycles. The van der Waals surface area contributed by atoms with Gasteiger partial charge in [-0.3, -0.25) is 18.6 Å². The van der Waals surface area contributed by atoms with Gasteiger partial charge in [-0.25, -0.2) is 4.57 Å². The van der Waals surface area contributed by atoms with E-state index >= 15 is 0 Å². The molecular formula is C79H134NO8P. The minimum Gasteiger partial charge on any atom is -0.462 e. The van der Waals surface area contributed by atoms with E-state index in [4.69, 9.17) is 24.3 Å². The zero-order valence-corrected chi connectivity index (χ0v) is 58.0. The lowest BCUT2D eigenvalue weighted by molar-refractivity contribution is -0.161. The molecule has 0 fully saturated rings. The molecule has 0 aliphatic carbocycles. The Hall–Kier alpha value is -4.11. The monoisotopic (exact) mass is 1260 g/mol. The second kappa shape index (κ2) is 72.9. The van der Waals surface area contributed by atoms with E-state index in [1.54, 1.807) is 0 Å². The Morgan fingerprint density at radius 3 is 0.921 bits per heavy atom. The molecular weight excluding hydrogens is 1120 g/mol. The van der Waals surface area contributed by atoms with Crippen molar-refractivity contribution in [2.75, 3.05) is 26.4 Å². The molecule has 0 aromatic rings. The standard InChI is InChI=1S/C79H134NO8P/c1-3-5-7-9-11-13-15-17-19-21-23-25-27-29-31-33-35-37-38-40-42-44-46-48-50-52-54-56-58-60-62-64-66-68-70-72-79(82)88-77(76-87-89(83,84)86-74-73-80)75-85-78(81)71-69-67-65-63-61-59-57-55-53-51-49-47-45-43-41-39-36-34-32-30-28-26-24-22-20-18-16-14-12-10-8-6-4-2/h5,7,11,13,16-19,22-25,28-31,35,37,40,42,46,48,52,54,77H,3-4,6,8-10,12,14-15,20-21,26-27,32-34,36,38-39,41,43-45,47,49-51,53,55-76,80H2,1-2H3,(H,83,84)/b7-5-,13-11-,18-16-,19-17-,24-22-,25-23-,30-28-,31-29-,37-35-,42-40-,48-46-,54-52-. The first-order valence-electron chi connectivity index (χ1n) is 36.3. The summed E-state index contributed by atoms with van der Waals surface area (Å²) >= 11 is 0. The SMILES string of the molecule is CC/C=C\C/C=C\C/C=C\C/C=C\C/C=C\C/C=C\C/C=C\C/C=C\C/C=C\CCCCCCCCCC(=O)OC(COC(=O)CCCCCCCCCCCCCCCCCCCC/C=C\C/C=C\C/C=C\CCCCCCC)COP(=O)(O)OCCN. The fraction of sp³-hybridized carbons (Fsp3) is 0.671. The van der Waals surface area contributed by atoms with Crippen molar-refractivity contribution in [1.82, 2.24) is 0 Å². The minimum atomic E-state index is -4.41. The molecule has 9 nitrogen and oxygen atoms in total. The molecule has 0 aliphatic rings. The quantitative estimate of drug-likeness (QED) is 0.0264. The molecule has 10 heteroatoms. The van der Waals surface area contributed by atoms with Crippen LogP contribution in [-0.2, 0) is 32.7 Å². The summed E-state index contributed by atoms with van der Waals surface area (Å²) in [6.45, 7) is 3.62. The lowest BCUT2D eigenvalue weighted by atomic mass is 10.0. The number of carbonyl (C=O) groups excluding carboxylic acids is 2. The zero-order valence-electron chi connectivity index (χ0n) is 57.1. The maximum absolute atomic E-state index is 12.8. The third-order valence-corrected chi connectivity index (χ3v) is 16.2. The van der Waals surface area contributed by atoms with Gasteiger partial charge in [-0.15, -0.1) is 0 Å². The number of phosphoric ester groups is 1. The highest BCUT2D eigenvalue weighted by molar-refractivity contribution is 7.47. The molecule has 0 saturated carbocycles. The number of nitrogens with two attached hydrogens (primary N) is 1. The molecule has 0 aromatic carbocycles. The van der Waals surface area contributed by atoms with E-state index in [-0.39, 0.29) is 38.6 Å². The van der Waals surface area contributed by atoms with Crippen LogP contribution in [0.2, 0.25) is 0 Å². The molecule has 0 bridgehead atoms. The normalized spacial score (nSPS) is 13.8. The van der Waals surface area contributed by atoms with Crippen molar-refractivity contribution in [2.24, 2.45) is 5.73 Å². The van der Waals surface area contributed by atoms with Crippen molar-refractivity contribution in [2.45, 2.75) is 315 Å². The topological polar surface area (TPSA) is 134 Å². The molecule has 508 valence electrons. The highest BCUT2D eigenvalue weighted by Crippen LogP contribution is 2.43. The average Bonchev–Trinajstić information content (AvgIpc) is 3.66. The minimum absolute atomic E-state index is 0.0453. The number of unbranched alkanes of at least 4 members (excludes halogenated alkanes) is 30. The predicted octanol–water partition coefficient (Wildman–Crippen LogP) is 24.2. The molecule has 0 aromatic heterocycles. The van der Waals surface area contributed by atoms with E-state index < -0.39 is 26.5 Å². The first kappa shape index (κ1) is 84.9. The van der Waals surface area contributed by atoms with Crippen LogP contribution >= 0.6 is 7.82 Å². The van der Waals surface area contributed by atoms with Crippen LogP contribution in [0, 0.1) is 0 Å². The second-order valence-electron chi connectivity index (χ2n) is 23.7. The first-order chi connectivity index (χ1) is 43.8. The molecule has 89 heavy (non-hydrogen) atoms. The van der Waals surface area contributed by atoms with Gasteiger partial charge in [-0.05, 0) is 122 Å². The number of rotatable bonds is 67. The van der Waals surface area contributed by atoms with E-state index in [0.29, 0.717) is 6.42 Å². The number of hydrogen-bond acceptors (Lipinski definition) is 8. The molecule has 0 amide bonds. The number of esters is 2. The van der Waals surface area contributed by atoms with Crippen LogP contribution in [-0.4, -0.2) is 49.3 Å². The van der Waals surface area contributed by atoms with Gasteiger partial charge in [0.15, 0.2) is 6.10 Å². The molecule has 0 spiro atoms. The predicted molar refractivity (Wildman–Crippen MR) is 385 cm³/mol. The summed E-state index contributed by atoms with van der Waals surface area (Å²) in [6.07, 6.45) is 105. The first-order valence-corrected chi connectivity index (χ1v) is 37.8. The summed E-state index contributed by atoms with van der Waals surface area (Å²) in [5.41, 5.74) is 5.40. The van der Waals surface area contributed by atoms with Crippen molar-refractivity contribution in [3.63, 3.8) is 0 Å². The smallest absolute Gasteiger partial charge is 0.462 e. The van der Waals surface area contributed by atoms with Crippen LogP contribution in [0.3, 0.4) is 0 Å². The third kappa shape index (κ3) is 72.8. The summed E-state index contributed by atoms with van der Waals surface area (Å²) in [6, 6.07) is 0. The highest BCUT2D eigenvalue weighted by Gasteiger charge is 2.26. The summed E-state index contributed by atoms with van der Waals surface area (Å²) in [4.78, 5) is 35.4. The number of hydrogen-bond donors (Lipinski definition) is 2. The molecule has 2 unspecified atom stereocenters. The lowest BCUT2D eigenvalue weighted by Gasteiger charge is -2.19. The van der Waals surface area contributed by atoms with E-state index in [2.05, 4.69) is 160 Å². The maximum atomic E-state index is 12.8. The number of carbonyl (C=O) groups is 2. The largest absolute Gasteiger partial charge is 0.472 e. The Kier molecular flexibility index (Phi) is 69.6. The summed E-state index contributed by atoms with van der Waals surface area (Å²) in [5.74, 6) is -0.840. The van der Waals surface area contributed by atoms with Gasteiger partial charge in [0.1, 0.15) is 6.61 Å². The number of phosphoric acid groups is 1. The fourth-order valence-corrected chi connectivity index (χ4v) is 10.6. The third-order valence-electron chi connectivity index (χ3n) is 15.2. The van der Waals surface area contributed by atoms with Gasteiger partial charge >= 0.3 is 19.8 Å². The van der Waals surface area contributed by atoms with Crippen molar-refractivity contribution >= 4 is 19.8 Å². The van der Waals surface area contributed by atoms with Crippen LogP contribution in [0.25, 0.3) is 0 Å². The zero-order chi connectivity index (χ0) is 64.4. The summed E-state index contributed by atoms with van der Waals surface area (Å²) in [7, 11) is -4.41. The van der Waals surface area contributed by atoms with E-state index in [0.717, 1.165) is 116 Å². The Labute approximate surface area is 547 Å². The van der Waals surface area contributed by atoms with Gasteiger partial charge < -0.3 is 20.1 Å². The Morgan fingerprint density at radius 1 is 0.348 bits per heavy atom. The molecule has 0 rings (SSSR count). The van der Waals surface area contributed by atoms with Gasteiger partial charge in [0, 0.05) is 19.4 Å². The highest BCUT2D eigenvalue weighted by atomic mass is 31.2.